The highest BCUT2D eigenvalue weighted by atomic mass is 32.1. The zero-order valence-electron chi connectivity index (χ0n) is 12.9. The molecule has 1 aliphatic carbocycles. The molecular weight excluding hydrogens is 316 g/mol. The number of aromatic nitrogens is 1. The van der Waals surface area contributed by atoms with E-state index in [2.05, 4.69) is 4.98 Å². The topological polar surface area (TPSA) is 79.7 Å². The lowest BCUT2D eigenvalue weighted by atomic mass is 9.74. The van der Waals surface area contributed by atoms with Gasteiger partial charge in [0.1, 0.15) is 0 Å². The van der Waals surface area contributed by atoms with Crippen LogP contribution in [0.5, 0.6) is 0 Å². The van der Waals surface area contributed by atoms with Crippen LogP contribution in [0.15, 0.2) is 0 Å². The molecule has 3 heterocycles. The molecule has 0 unspecified atom stereocenters. The fourth-order valence-electron chi connectivity index (χ4n) is 4.03. The van der Waals surface area contributed by atoms with Crippen LogP contribution in [0.1, 0.15) is 39.6 Å². The standard InChI is InChI=1S/C16H20N2O4S/c19-14(13-17-11-3-1-2-4-12(11)23-13)18-7-10-8-22-6-5-16(10,9-18)15(20)21/h10H,1-9H2,(H,20,21)/t10-,16+/m1/s1. The van der Waals surface area contributed by atoms with Gasteiger partial charge in [0.2, 0.25) is 0 Å². The van der Waals surface area contributed by atoms with Crippen molar-refractivity contribution in [3.05, 3.63) is 15.6 Å². The van der Waals surface area contributed by atoms with E-state index >= 15 is 0 Å². The molecule has 3 aliphatic rings. The summed E-state index contributed by atoms with van der Waals surface area (Å²) < 4.78 is 5.44. The van der Waals surface area contributed by atoms with Gasteiger partial charge >= 0.3 is 5.97 Å². The third kappa shape index (κ3) is 2.37. The smallest absolute Gasteiger partial charge is 0.311 e. The molecule has 2 atom stereocenters. The van der Waals surface area contributed by atoms with Crippen LogP contribution >= 0.6 is 11.3 Å². The average molecular weight is 336 g/mol. The molecular formula is C16H20N2O4S. The lowest BCUT2D eigenvalue weighted by Crippen LogP contribution is -2.45. The van der Waals surface area contributed by atoms with Crippen LogP contribution in [0.4, 0.5) is 0 Å². The molecule has 2 aliphatic heterocycles. The molecule has 1 N–H and O–H groups in total. The molecule has 0 saturated carbocycles. The Morgan fingerprint density at radius 3 is 2.91 bits per heavy atom. The Kier molecular flexibility index (Phi) is 3.65. The van der Waals surface area contributed by atoms with Crippen molar-refractivity contribution in [2.24, 2.45) is 11.3 Å². The molecule has 0 spiro atoms. The van der Waals surface area contributed by atoms with E-state index in [9.17, 15) is 14.7 Å². The number of hydrogen-bond donors (Lipinski definition) is 1. The van der Waals surface area contributed by atoms with E-state index in [0.29, 0.717) is 31.2 Å². The summed E-state index contributed by atoms with van der Waals surface area (Å²) in [6.45, 7) is 1.61. The minimum atomic E-state index is -0.842. The molecule has 23 heavy (non-hydrogen) atoms. The molecule has 6 nitrogen and oxygen atoms in total. The molecule has 1 aromatic rings. The Bertz CT molecular complexity index is 635. The van der Waals surface area contributed by atoms with Gasteiger partial charge in [-0.3, -0.25) is 9.59 Å². The van der Waals surface area contributed by atoms with Gasteiger partial charge in [0, 0.05) is 30.5 Å². The first kappa shape index (κ1) is 15.1. The molecule has 124 valence electrons. The van der Waals surface area contributed by atoms with E-state index in [4.69, 9.17) is 4.74 Å². The van der Waals surface area contributed by atoms with E-state index in [1.54, 1.807) is 4.90 Å². The molecule has 2 saturated heterocycles. The number of hydrogen-bond acceptors (Lipinski definition) is 5. The van der Waals surface area contributed by atoms with Gasteiger partial charge in [-0.25, -0.2) is 4.98 Å². The van der Waals surface area contributed by atoms with Crippen LogP contribution in [0.3, 0.4) is 0 Å². The van der Waals surface area contributed by atoms with Crippen LogP contribution in [-0.2, 0) is 22.4 Å². The van der Waals surface area contributed by atoms with Gasteiger partial charge in [0.15, 0.2) is 5.01 Å². The number of ether oxygens (including phenoxy) is 1. The van der Waals surface area contributed by atoms with Crippen molar-refractivity contribution in [2.45, 2.75) is 32.1 Å². The van der Waals surface area contributed by atoms with Crippen LogP contribution in [0, 0.1) is 11.3 Å². The summed E-state index contributed by atoms with van der Waals surface area (Å²) in [7, 11) is 0. The van der Waals surface area contributed by atoms with Crippen LogP contribution in [0.25, 0.3) is 0 Å². The quantitative estimate of drug-likeness (QED) is 0.887. The monoisotopic (exact) mass is 336 g/mol. The highest BCUT2D eigenvalue weighted by Gasteiger charge is 2.55. The van der Waals surface area contributed by atoms with E-state index in [1.807, 2.05) is 0 Å². The zero-order chi connectivity index (χ0) is 16.0. The van der Waals surface area contributed by atoms with Crippen molar-refractivity contribution in [1.29, 1.82) is 0 Å². The van der Waals surface area contributed by atoms with Gasteiger partial charge in [0.25, 0.3) is 5.91 Å². The van der Waals surface area contributed by atoms with Gasteiger partial charge < -0.3 is 14.7 Å². The van der Waals surface area contributed by atoms with Crippen molar-refractivity contribution in [1.82, 2.24) is 9.88 Å². The Morgan fingerprint density at radius 2 is 2.17 bits per heavy atom. The number of aliphatic carboxylic acids is 1. The van der Waals surface area contributed by atoms with Crippen molar-refractivity contribution < 1.29 is 19.4 Å². The summed E-state index contributed by atoms with van der Waals surface area (Å²) in [5, 5.41) is 10.2. The second kappa shape index (κ2) is 5.56. The normalized spacial score (nSPS) is 29.9. The first-order valence-electron chi connectivity index (χ1n) is 8.19. The first-order chi connectivity index (χ1) is 11.1. The number of nitrogens with zero attached hydrogens (tertiary/aromatic N) is 2. The molecule has 7 heteroatoms. The Hall–Kier alpha value is -1.47. The van der Waals surface area contributed by atoms with Crippen molar-refractivity contribution in [2.75, 3.05) is 26.3 Å². The summed E-state index contributed by atoms with van der Waals surface area (Å²) in [6.07, 6.45) is 4.74. The minimum absolute atomic E-state index is 0.112. The third-order valence-electron chi connectivity index (χ3n) is 5.45. The predicted molar refractivity (Wildman–Crippen MR) is 83.7 cm³/mol. The summed E-state index contributed by atoms with van der Waals surface area (Å²) >= 11 is 1.49. The third-order valence-corrected chi connectivity index (χ3v) is 6.59. The molecule has 0 bridgehead atoms. The number of amides is 1. The van der Waals surface area contributed by atoms with Gasteiger partial charge in [-0.05, 0) is 32.1 Å². The zero-order valence-corrected chi connectivity index (χ0v) is 13.7. The second-order valence-electron chi connectivity index (χ2n) is 6.76. The largest absolute Gasteiger partial charge is 0.481 e. The fourth-order valence-corrected chi connectivity index (χ4v) is 5.15. The Morgan fingerprint density at radius 1 is 1.35 bits per heavy atom. The van der Waals surface area contributed by atoms with E-state index in [1.165, 1.54) is 16.2 Å². The van der Waals surface area contributed by atoms with Gasteiger partial charge in [-0.2, -0.15) is 0 Å². The summed E-state index contributed by atoms with van der Waals surface area (Å²) in [4.78, 5) is 32.1. The minimum Gasteiger partial charge on any atom is -0.481 e. The summed E-state index contributed by atoms with van der Waals surface area (Å²) in [5.41, 5.74) is 0.225. The number of fused-ring (bicyclic) bond motifs is 2. The number of rotatable bonds is 2. The molecule has 0 radical (unpaired) electrons. The number of carbonyl (C=O) groups excluding carboxylic acids is 1. The summed E-state index contributed by atoms with van der Waals surface area (Å²) in [5.74, 6) is -1.04. The fraction of sp³-hybridized carbons (Fsp3) is 0.688. The maximum absolute atomic E-state index is 12.8. The van der Waals surface area contributed by atoms with E-state index in [0.717, 1.165) is 31.4 Å². The maximum atomic E-state index is 12.8. The van der Waals surface area contributed by atoms with E-state index < -0.39 is 11.4 Å². The SMILES string of the molecule is O=C(c1nc2c(s1)CCCC2)N1C[C@@H]2COCC[C@]2(C(=O)O)C1. The highest BCUT2D eigenvalue weighted by molar-refractivity contribution is 7.13. The number of carboxylic acids is 1. The number of likely N-dealkylation sites (tertiary alicyclic amines) is 1. The van der Waals surface area contributed by atoms with Crippen molar-refractivity contribution in [3.8, 4) is 0 Å². The predicted octanol–water partition coefficient (Wildman–Crippen LogP) is 1.59. The number of thiazole rings is 1. The van der Waals surface area contributed by atoms with Crippen molar-refractivity contribution >= 4 is 23.2 Å². The lowest BCUT2D eigenvalue weighted by Gasteiger charge is -2.33. The van der Waals surface area contributed by atoms with Crippen LogP contribution in [-0.4, -0.2) is 53.2 Å². The number of aryl methyl sites for hydroxylation is 2. The van der Waals surface area contributed by atoms with Gasteiger partial charge in [-0.1, -0.05) is 0 Å². The number of carbonyl (C=O) groups is 2. The van der Waals surface area contributed by atoms with Gasteiger partial charge in [0.05, 0.1) is 17.7 Å². The first-order valence-corrected chi connectivity index (χ1v) is 9.01. The lowest BCUT2D eigenvalue weighted by molar-refractivity contribution is -0.157. The number of carboxylic acid groups (broad SMARTS) is 1. The summed E-state index contributed by atoms with van der Waals surface area (Å²) in [6, 6.07) is 0. The Labute approximate surface area is 138 Å². The van der Waals surface area contributed by atoms with Gasteiger partial charge in [-0.15, -0.1) is 11.3 Å². The van der Waals surface area contributed by atoms with Crippen LogP contribution in [0.2, 0.25) is 0 Å². The van der Waals surface area contributed by atoms with Crippen LogP contribution < -0.4 is 0 Å². The molecule has 4 rings (SSSR count). The Balaban J connectivity index is 1.58. The maximum Gasteiger partial charge on any atom is 0.311 e. The molecule has 0 aromatic carbocycles. The molecule has 1 aromatic heterocycles. The van der Waals surface area contributed by atoms with Crippen molar-refractivity contribution in [3.63, 3.8) is 0 Å². The average Bonchev–Trinajstić information content (AvgIpc) is 3.16. The highest BCUT2D eigenvalue weighted by Crippen LogP contribution is 2.43. The second-order valence-corrected chi connectivity index (χ2v) is 7.85. The molecule has 2 fully saturated rings. The van der Waals surface area contributed by atoms with E-state index in [-0.39, 0.29) is 18.4 Å². The molecule has 1 amide bonds.